The SMILES string of the molecule is N#Cc1ccc(NC(=O)Cn2cc(C(=O)O)nn2)c(F)c1. The summed E-state index contributed by atoms with van der Waals surface area (Å²) in [6.07, 6.45) is 1.08. The second-order valence-electron chi connectivity index (χ2n) is 3.96. The third-order valence-electron chi connectivity index (χ3n) is 2.44. The molecule has 106 valence electrons. The lowest BCUT2D eigenvalue weighted by Gasteiger charge is -2.06. The number of hydrogen-bond donors (Lipinski definition) is 2. The Balaban J connectivity index is 2.04. The van der Waals surface area contributed by atoms with Crippen molar-refractivity contribution in [1.82, 2.24) is 15.0 Å². The van der Waals surface area contributed by atoms with Gasteiger partial charge in [-0.1, -0.05) is 5.21 Å². The van der Waals surface area contributed by atoms with Gasteiger partial charge in [-0.25, -0.2) is 13.9 Å². The van der Waals surface area contributed by atoms with E-state index >= 15 is 0 Å². The van der Waals surface area contributed by atoms with Crippen LogP contribution in [0.5, 0.6) is 0 Å². The minimum Gasteiger partial charge on any atom is -0.476 e. The molecule has 0 atom stereocenters. The van der Waals surface area contributed by atoms with Gasteiger partial charge in [0.05, 0.1) is 23.5 Å². The monoisotopic (exact) mass is 289 g/mol. The topological polar surface area (TPSA) is 121 Å². The van der Waals surface area contributed by atoms with Crippen LogP contribution in [-0.2, 0) is 11.3 Å². The molecule has 0 fully saturated rings. The number of nitrogens with zero attached hydrogens (tertiary/aromatic N) is 4. The van der Waals surface area contributed by atoms with Gasteiger partial charge in [0.15, 0.2) is 5.69 Å². The van der Waals surface area contributed by atoms with Crippen molar-refractivity contribution in [2.75, 3.05) is 5.32 Å². The van der Waals surface area contributed by atoms with E-state index in [2.05, 4.69) is 15.6 Å². The maximum atomic E-state index is 13.6. The van der Waals surface area contributed by atoms with Crippen LogP contribution in [0.25, 0.3) is 0 Å². The molecule has 0 unspecified atom stereocenters. The zero-order valence-electron chi connectivity index (χ0n) is 10.4. The van der Waals surface area contributed by atoms with Crippen LogP contribution < -0.4 is 5.32 Å². The van der Waals surface area contributed by atoms with Gasteiger partial charge in [-0.2, -0.15) is 5.26 Å². The number of aromatic carboxylic acids is 1. The maximum absolute atomic E-state index is 13.6. The predicted molar refractivity (Wildman–Crippen MR) is 66.7 cm³/mol. The Morgan fingerprint density at radius 2 is 2.24 bits per heavy atom. The highest BCUT2D eigenvalue weighted by atomic mass is 19.1. The van der Waals surface area contributed by atoms with Gasteiger partial charge in [0.1, 0.15) is 12.4 Å². The maximum Gasteiger partial charge on any atom is 0.358 e. The van der Waals surface area contributed by atoms with Crippen LogP contribution in [0.4, 0.5) is 10.1 Å². The summed E-state index contributed by atoms with van der Waals surface area (Å²) in [5, 5.41) is 26.4. The van der Waals surface area contributed by atoms with E-state index in [9.17, 15) is 14.0 Å². The summed E-state index contributed by atoms with van der Waals surface area (Å²) in [4.78, 5) is 22.3. The number of carbonyl (C=O) groups is 2. The third-order valence-corrected chi connectivity index (χ3v) is 2.44. The lowest BCUT2D eigenvalue weighted by atomic mass is 10.2. The molecular weight excluding hydrogens is 281 g/mol. The fourth-order valence-electron chi connectivity index (χ4n) is 1.50. The van der Waals surface area contributed by atoms with Gasteiger partial charge >= 0.3 is 5.97 Å². The molecular formula is C12H8FN5O3. The normalized spacial score (nSPS) is 9.90. The summed E-state index contributed by atoms with van der Waals surface area (Å²) in [7, 11) is 0. The number of benzene rings is 1. The Morgan fingerprint density at radius 1 is 1.48 bits per heavy atom. The van der Waals surface area contributed by atoms with Crippen LogP contribution in [-0.4, -0.2) is 32.0 Å². The van der Waals surface area contributed by atoms with Crippen molar-refractivity contribution in [1.29, 1.82) is 5.26 Å². The molecule has 21 heavy (non-hydrogen) atoms. The highest BCUT2D eigenvalue weighted by Crippen LogP contribution is 2.15. The first-order valence-electron chi connectivity index (χ1n) is 5.62. The van der Waals surface area contributed by atoms with Crippen LogP contribution in [0.1, 0.15) is 16.1 Å². The average Bonchev–Trinajstić information content (AvgIpc) is 2.89. The predicted octanol–water partition coefficient (Wildman–Crippen LogP) is 0.626. The number of hydrogen-bond acceptors (Lipinski definition) is 5. The Hall–Kier alpha value is -3.28. The van der Waals surface area contributed by atoms with Crippen molar-refractivity contribution >= 4 is 17.6 Å². The van der Waals surface area contributed by atoms with Crippen molar-refractivity contribution in [3.8, 4) is 6.07 Å². The van der Waals surface area contributed by atoms with Crippen molar-refractivity contribution in [2.45, 2.75) is 6.54 Å². The average molecular weight is 289 g/mol. The molecule has 8 nitrogen and oxygen atoms in total. The number of amides is 1. The lowest BCUT2D eigenvalue weighted by molar-refractivity contribution is -0.117. The largest absolute Gasteiger partial charge is 0.476 e. The van der Waals surface area contributed by atoms with Crippen molar-refractivity contribution in [2.24, 2.45) is 0 Å². The minimum atomic E-state index is -1.26. The second kappa shape index (κ2) is 5.79. The van der Waals surface area contributed by atoms with E-state index in [-0.39, 0.29) is 23.5 Å². The summed E-state index contributed by atoms with van der Waals surface area (Å²) in [6, 6.07) is 5.38. The number of nitriles is 1. The van der Waals surface area contributed by atoms with Crippen LogP contribution in [0.2, 0.25) is 0 Å². The van der Waals surface area contributed by atoms with Gasteiger partial charge in [-0.3, -0.25) is 4.79 Å². The fourth-order valence-corrected chi connectivity index (χ4v) is 1.50. The van der Waals surface area contributed by atoms with E-state index in [0.717, 1.165) is 16.9 Å². The zero-order chi connectivity index (χ0) is 15.4. The number of carboxylic acid groups (broad SMARTS) is 1. The Morgan fingerprint density at radius 3 is 2.81 bits per heavy atom. The molecule has 1 aromatic carbocycles. The van der Waals surface area contributed by atoms with Crippen LogP contribution in [0.3, 0.4) is 0 Å². The highest BCUT2D eigenvalue weighted by Gasteiger charge is 2.12. The minimum absolute atomic E-state index is 0.0856. The Kier molecular flexibility index (Phi) is 3.90. The van der Waals surface area contributed by atoms with E-state index in [1.54, 1.807) is 6.07 Å². The molecule has 0 aliphatic carbocycles. The molecule has 2 rings (SSSR count). The number of carbonyl (C=O) groups excluding carboxylic acids is 1. The van der Waals surface area contributed by atoms with Crippen molar-refractivity contribution in [3.63, 3.8) is 0 Å². The summed E-state index contributed by atoms with van der Waals surface area (Å²) in [6.45, 7) is -0.320. The first kappa shape index (κ1) is 14.1. The molecule has 9 heteroatoms. The Labute approximate surface area is 117 Å². The van der Waals surface area contributed by atoms with E-state index in [1.807, 2.05) is 0 Å². The third kappa shape index (κ3) is 3.38. The van der Waals surface area contributed by atoms with E-state index < -0.39 is 17.7 Å². The number of rotatable bonds is 4. The molecule has 2 aromatic rings. The highest BCUT2D eigenvalue weighted by molar-refractivity contribution is 5.91. The molecule has 0 saturated heterocycles. The molecule has 1 amide bonds. The molecule has 0 saturated carbocycles. The smallest absolute Gasteiger partial charge is 0.358 e. The number of halogens is 1. The Bertz CT molecular complexity index is 750. The summed E-state index contributed by atoms with van der Waals surface area (Å²) in [5.41, 5.74) is -0.252. The quantitative estimate of drug-likeness (QED) is 0.851. The first-order chi connectivity index (χ1) is 9.99. The number of aromatic nitrogens is 3. The van der Waals surface area contributed by atoms with Gasteiger partial charge < -0.3 is 10.4 Å². The zero-order valence-corrected chi connectivity index (χ0v) is 10.4. The standard InChI is InChI=1S/C12H8FN5O3/c13-8-3-7(4-14)1-2-9(8)15-11(19)6-18-5-10(12(20)21)16-17-18/h1-3,5H,6H2,(H,15,19)(H,20,21). The second-order valence-corrected chi connectivity index (χ2v) is 3.96. The van der Waals surface area contributed by atoms with Gasteiger partial charge in [0.2, 0.25) is 5.91 Å². The van der Waals surface area contributed by atoms with Crippen molar-refractivity contribution < 1.29 is 19.1 Å². The fraction of sp³-hybridized carbons (Fsp3) is 0.0833. The number of carboxylic acids is 1. The van der Waals surface area contributed by atoms with Crippen molar-refractivity contribution in [3.05, 3.63) is 41.5 Å². The van der Waals surface area contributed by atoms with Gasteiger partial charge in [-0.15, -0.1) is 5.10 Å². The molecule has 0 bridgehead atoms. The van der Waals surface area contributed by atoms with E-state index in [0.29, 0.717) is 0 Å². The lowest BCUT2D eigenvalue weighted by Crippen LogP contribution is -2.19. The van der Waals surface area contributed by atoms with Gasteiger partial charge in [0, 0.05) is 0 Å². The van der Waals surface area contributed by atoms with Crippen LogP contribution in [0.15, 0.2) is 24.4 Å². The van der Waals surface area contributed by atoms with E-state index in [4.69, 9.17) is 10.4 Å². The van der Waals surface area contributed by atoms with Crippen LogP contribution >= 0.6 is 0 Å². The molecule has 0 radical (unpaired) electrons. The summed E-state index contributed by atoms with van der Waals surface area (Å²) < 4.78 is 14.6. The number of nitrogens with one attached hydrogen (secondary N) is 1. The molecule has 0 aliphatic rings. The molecule has 1 heterocycles. The molecule has 2 N–H and O–H groups in total. The van der Waals surface area contributed by atoms with Gasteiger partial charge in [-0.05, 0) is 18.2 Å². The number of anilines is 1. The molecule has 0 spiro atoms. The van der Waals surface area contributed by atoms with E-state index in [1.165, 1.54) is 12.1 Å². The summed E-state index contributed by atoms with van der Waals surface area (Å²) >= 11 is 0. The first-order valence-corrected chi connectivity index (χ1v) is 5.62. The van der Waals surface area contributed by atoms with Gasteiger partial charge in [0.25, 0.3) is 0 Å². The van der Waals surface area contributed by atoms with Crippen LogP contribution in [0, 0.1) is 17.1 Å². The molecule has 1 aromatic heterocycles. The molecule has 0 aliphatic heterocycles. The summed E-state index contributed by atoms with van der Waals surface area (Å²) in [5.74, 6) is -2.62.